The smallest absolute Gasteiger partial charge is 0.242 e. The summed E-state index contributed by atoms with van der Waals surface area (Å²) >= 11 is 0. The van der Waals surface area contributed by atoms with Crippen LogP contribution in [0, 0.1) is 6.92 Å². The van der Waals surface area contributed by atoms with Gasteiger partial charge in [-0.2, -0.15) is 0 Å². The lowest BCUT2D eigenvalue weighted by Crippen LogP contribution is -2.53. The van der Waals surface area contributed by atoms with E-state index in [0.717, 1.165) is 45.6 Å². The highest BCUT2D eigenvalue weighted by Crippen LogP contribution is 2.34. The van der Waals surface area contributed by atoms with E-state index in [0.29, 0.717) is 0 Å². The van der Waals surface area contributed by atoms with E-state index < -0.39 is 5.54 Å². The van der Waals surface area contributed by atoms with Crippen LogP contribution in [0.5, 0.6) is 0 Å². The fraction of sp³-hybridized carbons (Fsp3) is 0.562. The van der Waals surface area contributed by atoms with Gasteiger partial charge in [0.25, 0.3) is 0 Å². The maximum Gasteiger partial charge on any atom is 0.242 e. The maximum absolute atomic E-state index is 12.2. The quantitative estimate of drug-likeness (QED) is 0.911. The van der Waals surface area contributed by atoms with Gasteiger partial charge in [0.2, 0.25) is 5.91 Å². The number of aryl methyl sites for hydroxylation is 1. The minimum Gasteiger partial charge on any atom is -0.339 e. The summed E-state index contributed by atoms with van der Waals surface area (Å²) in [5, 5.41) is 0. The Kier molecular flexibility index (Phi) is 6.68. The molecule has 0 radical (unpaired) electrons. The zero-order chi connectivity index (χ0) is 14.2. The first-order valence-corrected chi connectivity index (χ1v) is 7.43. The molecule has 1 aromatic rings. The molecule has 1 heterocycles. The Morgan fingerprint density at radius 1 is 1.18 bits per heavy atom. The summed E-state index contributed by atoms with van der Waals surface area (Å²) < 4.78 is 0. The molecule has 0 spiro atoms. The predicted molar refractivity (Wildman–Crippen MR) is 93.7 cm³/mol. The Hall–Kier alpha value is -0.810. The van der Waals surface area contributed by atoms with Gasteiger partial charge in [-0.25, -0.2) is 0 Å². The molecule has 22 heavy (non-hydrogen) atoms. The van der Waals surface area contributed by atoms with Crippen molar-refractivity contribution in [2.75, 3.05) is 26.2 Å². The lowest BCUT2D eigenvalue weighted by molar-refractivity contribution is -0.135. The fourth-order valence-corrected chi connectivity index (χ4v) is 2.84. The van der Waals surface area contributed by atoms with Crippen LogP contribution in [-0.2, 0) is 11.3 Å². The first-order chi connectivity index (χ1) is 9.57. The third-order valence-electron chi connectivity index (χ3n) is 4.36. The van der Waals surface area contributed by atoms with Crippen LogP contribution in [0.4, 0.5) is 0 Å². The Morgan fingerprint density at radius 2 is 1.82 bits per heavy atom. The van der Waals surface area contributed by atoms with Crippen molar-refractivity contribution in [2.24, 2.45) is 5.73 Å². The average molecular weight is 346 g/mol. The third kappa shape index (κ3) is 4.35. The van der Waals surface area contributed by atoms with E-state index >= 15 is 0 Å². The second-order valence-corrected chi connectivity index (χ2v) is 6.21. The molecule has 3 rings (SSSR count). The second kappa shape index (κ2) is 7.64. The number of amides is 1. The van der Waals surface area contributed by atoms with Gasteiger partial charge in [0, 0.05) is 32.7 Å². The number of piperazine rings is 1. The molecule has 1 aromatic carbocycles. The molecule has 1 saturated carbocycles. The fourth-order valence-electron chi connectivity index (χ4n) is 2.84. The number of benzene rings is 1. The minimum atomic E-state index is -0.515. The molecule has 1 amide bonds. The standard InChI is InChI=1S/C16H23N3O.2ClH/c1-13-3-2-4-14(11-13)12-18-7-9-19(10-8-18)15(20)16(17)5-6-16;;/h2-4,11H,5-10,12,17H2,1H3;2*1H. The van der Waals surface area contributed by atoms with Crippen molar-refractivity contribution < 1.29 is 4.79 Å². The van der Waals surface area contributed by atoms with Gasteiger partial charge in [-0.15, -0.1) is 24.8 Å². The Balaban J connectivity index is 0.00000121. The lowest BCUT2D eigenvalue weighted by atomic mass is 10.1. The van der Waals surface area contributed by atoms with E-state index in [1.165, 1.54) is 11.1 Å². The molecule has 0 unspecified atom stereocenters. The summed E-state index contributed by atoms with van der Waals surface area (Å²) in [4.78, 5) is 16.5. The number of nitrogens with zero attached hydrogens (tertiary/aromatic N) is 2. The molecule has 2 aliphatic rings. The number of hydrogen-bond donors (Lipinski definition) is 1. The van der Waals surface area contributed by atoms with Crippen LogP contribution in [0.2, 0.25) is 0 Å². The molecule has 2 fully saturated rings. The van der Waals surface area contributed by atoms with Crippen LogP contribution in [0.3, 0.4) is 0 Å². The highest BCUT2D eigenvalue weighted by atomic mass is 35.5. The number of carbonyl (C=O) groups is 1. The Labute approximate surface area is 144 Å². The number of nitrogens with two attached hydrogens (primary N) is 1. The highest BCUT2D eigenvalue weighted by Gasteiger charge is 2.48. The molecule has 0 atom stereocenters. The molecule has 0 aromatic heterocycles. The summed E-state index contributed by atoms with van der Waals surface area (Å²) in [5.74, 6) is 0.160. The summed E-state index contributed by atoms with van der Waals surface area (Å²) in [6, 6.07) is 8.63. The van der Waals surface area contributed by atoms with Gasteiger partial charge in [-0.3, -0.25) is 9.69 Å². The molecule has 6 heteroatoms. The molecule has 124 valence electrons. The van der Waals surface area contributed by atoms with Gasteiger partial charge in [-0.05, 0) is 25.3 Å². The number of halogens is 2. The monoisotopic (exact) mass is 345 g/mol. The third-order valence-corrected chi connectivity index (χ3v) is 4.36. The minimum absolute atomic E-state index is 0. The van der Waals surface area contributed by atoms with Gasteiger partial charge < -0.3 is 10.6 Å². The van der Waals surface area contributed by atoms with Crippen molar-refractivity contribution in [3.63, 3.8) is 0 Å². The Morgan fingerprint density at radius 3 is 2.36 bits per heavy atom. The van der Waals surface area contributed by atoms with Crippen LogP contribution in [0.15, 0.2) is 24.3 Å². The van der Waals surface area contributed by atoms with Crippen LogP contribution in [0.25, 0.3) is 0 Å². The molecule has 1 aliphatic carbocycles. The van der Waals surface area contributed by atoms with Gasteiger partial charge in [0.15, 0.2) is 0 Å². The van der Waals surface area contributed by atoms with Crippen LogP contribution in [0.1, 0.15) is 24.0 Å². The molecule has 4 nitrogen and oxygen atoms in total. The van der Waals surface area contributed by atoms with E-state index in [1.54, 1.807) is 0 Å². The molecule has 1 saturated heterocycles. The van der Waals surface area contributed by atoms with Gasteiger partial charge in [-0.1, -0.05) is 29.8 Å². The lowest BCUT2D eigenvalue weighted by Gasteiger charge is -2.36. The molecular formula is C16H25Cl2N3O. The van der Waals surface area contributed by atoms with Crippen LogP contribution in [-0.4, -0.2) is 47.4 Å². The SMILES string of the molecule is Cc1cccc(CN2CCN(C(=O)C3(N)CC3)CC2)c1.Cl.Cl. The topological polar surface area (TPSA) is 49.6 Å². The first-order valence-electron chi connectivity index (χ1n) is 7.43. The Bertz CT molecular complexity index is 512. The normalized spacial score (nSPS) is 19.8. The summed E-state index contributed by atoms with van der Waals surface area (Å²) in [6.45, 7) is 6.59. The van der Waals surface area contributed by atoms with Gasteiger partial charge >= 0.3 is 0 Å². The van der Waals surface area contributed by atoms with E-state index in [9.17, 15) is 4.79 Å². The summed E-state index contributed by atoms with van der Waals surface area (Å²) in [7, 11) is 0. The highest BCUT2D eigenvalue weighted by molar-refractivity contribution is 5.89. The predicted octanol–water partition coefficient (Wildman–Crippen LogP) is 1.97. The van der Waals surface area contributed by atoms with Crippen LogP contribution >= 0.6 is 24.8 Å². The van der Waals surface area contributed by atoms with Crippen molar-refractivity contribution in [3.8, 4) is 0 Å². The van der Waals surface area contributed by atoms with Gasteiger partial charge in [0.1, 0.15) is 0 Å². The zero-order valence-electron chi connectivity index (χ0n) is 13.0. The van der Waals surface area contributed by atoms with Gasteiger partial charge in [0.05, 0.1) is 5.54 Å². The van der Waals surface area contributed by atoms with Crippen molar-refractivity contribution in [2.45, 2.75) is 31.8 Å². The van der Waals surface area contributed by atoms with Crippen molar-refractivity contribution >= 4 is 30.7 Å². The van der Waals surface area contributed by atoms with Crippen molar-refractivity contribution in [3.05, 3.63) is 35.4 Å². The molecular weight excluding hydrogens is 321 g/mol. The number of carbonyl (C=O) groups excluding carboxylic acids is 1. The first kappa shape index (κ1) is 19.2. The van der Waals surface area contributed by atoms with E-state index in [-0.39, 0.29) is 30.7 Å². The van der Waals surface area contributed by atoms with E-state index in [4.69, 9.17) is 5.73 Å². The van der Waals surface area contributed by atoms with Crippen LogP contribution < -0.4 is 5.73 Å². The van der Waals surface area contributed by atoms with Crippen molar-refractivity contribution in [1.29, 1.82) is 0 Å². The zero-order valence-corrected chi connectivity index (χ0v) is 14.6. The molecule has 2 N–H and O–H groups in total. The average Bonchev–Trinajstić information content (AvgIpc) is 3.18. The molecule has 1 aliphatic heterocycles. The number of rotatable bonds is 3. The molecule has 0 bridgehead atoms. The summed E-state index contributed by atoms with van der Waals surface area (Å²) in [5.41, 5.74) is 8.13. The van der Waals surface area contributed by atoms with E-state index in [1.807, 2.05) is 4.90 Å². The maximum atomic E-state index is 12.2. The van der Waals surface area contributed by atoms with E-state index in [2.05, 4.69) is 36.1 Å². The number of hydrogen-bond acceptors (Lipinski definition) is 3. The van der Waals surface area contributed by atoms with Crippen molar-refractivity contribution in [1.82, 2.24) is 9.80 Å². The largest absolute Gasteiger partial charge is 0.339 e. The summed E-state index contributed by atoms with van der Waals surface area (Å²) in [6.07, 6.45) is 1.71. The second-order valence-electron chi connectivity index (χ2n) is 6.21.